The maximum absolute atomic E-state index is 12.4. The summed E-state index contributed by atoms with van der Waals surface area (Å²) in [5.41, 5.74) is 3.49. The molecule has 3 rings (SSSR count). The summed E-state index contributed by atoms with van der Waals surface area (Å²) >= 11 is 0. The van der Waals surface area contributed by atoms with E-state index in [9.17, 15) is 9.59 Å². The van der Waals surface area contributed by atoms with Gasteiger partial charge in [-0.15, -0.1) is 0 Å². The average molecular weight is 375 g/mol. The Bertz CT molecular complexity index is 1100. The van der Waals surface area contributed by atoms with Crippen molar-refractivity contribution in [3.63, 3.8) is 0 Å². The maximum Gasteiger partial charge on any atom is 0.315 e. The van der Waals surface area contributed by atoms with Crippen LogP contribution in [0, 0.1) is 0 Å². The molecular formula is C23H25N3O2. The van der Waals surface area contributed by atoms with Crippen molar-refractivity contribution >= 4 is 22.5 Å². The Kier molecular flexibility index (Phi) is 5.36. The molecule has 2 aromatic carbocycles. The lowest BCUT2D eigenvalue weighted by Gasteiger charge is -2.27. The number of para-hydroxylation sites is 1. The SMILES string of the molecule is C=C(C)c1cccc(C(C)(C)NC(=O)NCc2cc3ccccc3[nH]c2=O)c1. The van der Waals surface area contributed by atoms with Crippen molar-refractivity contribution in [3.05, 3.63) is 88.2 Å². The highest BCUT2D eigenvalue weighted by atomic mass is 16.2. The second-order valence-corrected chi connectivity index (χ2v) is 7.50. The van der Waals surface area contributed by atoms with Gasteiger partial charge in [0.25, 0.3) is 5.56 Å². The lowest BCUT2D eigenvalue weighted by Crippen LogP contribution is -2.46. The molecule has 2 amide bonds. The fraction of sp³-hybridized carbons (Fsp3) is 0.217. The maximum atomic E-state index is 12.4. The highest BCUT2D eigenvalue weighted by Gasteiger charge is 2.23. The Morgan fingerprint density at radius 2 is 1.86 bits per heavy atom. The zero-order valence-electron chi connectivity index (χ0n) is 16.4. The highest BCUT2D eigenvalue weighted by molar-refractivity contribution is 5.79. The number of carbonyl (C=O) groups is 1. The number of carbonyl (C=O) groups excluding carboxylic acids is 1. The van der Waals surface area contributed by atoms with Crippen molar-refractivity contribution in [2.45, 2.75) is 32.9 Å². The number of aromatic nitrogens is 1. The molecular weight excluding hydrogens is 350 g/mol. The van der Waals surface area contributed by atoms with Gasteiger partial charge in [-0.05, 0) is 55.5 Å². The fourth-order valence-corrected chi connectivity index (χ4v) is 3.07. The summed E-state index contributed by atoms with van der Waals surface area (Å²) in [5, 5.41) is 6.68. The summed E-state index contributed by atoms with van der Waals surface area (Å²) in [5.74, 6) is 0. The number of benzene rings is 2. The third-order valence-electron chi connectivity index (χ3n) is 4.77. The molecule has 0 fully saturated rings. The van der Waals surface area contributed by atoms with E-state index < -0.39 is 5.54 Å². The molecule has 144 valence electrons. The summed E-state index contributed by atoms with van der Waals surface area (Å²) in [7, 11) is 0. The summed E-state index contributed by atoms with van der Waals surface area (Å²) in [6.07, 6.45) is 0. The molecule has 0 aliphatic rings. The van der Waals surface area contributed by atoms with Crippen molar-refractivity contribution in [3.8, 4) is 0 Å². The lowest BCUT2D eigenvalue weighted by molar-refractivity contribution is 0.229. The predicted molar refractivity (Wildman–Crippen MR) is 114 cm³/mol. The first-order valence-corrected chi connectivity index (χ1v) is 9.19. The van der Waals surface area contributed by atoms with Gasteiger partial charge in [-0.1, -0.05) is 48.6 Å². The smallest absolute Gasteiger partial charge is 0.315 e. The van der Waals surface area contributed by atoms with Crippen LogP contribution in [0.2, 0.25) is 0 Å². The summed E-state index contributed by atoms with van der Waals surface area (Å²) < 4.78 is 0. The van der Waals surface area contributed by atoms with Crippen LogP contribution in [0.4, 0.5) is 4.79 Å². The van der Waals surface area contributed by atoms with E-state index >= 15 is 0 Å². The molecule has 5 heteroatoms. The molecule has 0 bridgehead atoms. The van der Waals surface area contributed by atoms with Gasteiger partial charge in [0.2, 0.25) is 0 Å². The quantitative estimate of drug-likeness (QED) is 0.622. The largest absolute Gasteiger partial charge is 0.334 e. The zero-order chi connectivity index (χ0) is 20.3. The van der Waals surface area contributed by atoms with Crippen LogP contribution in [0.3, 0.4) is 0 Å². The van der Waals surface area contributed by atoms with E-state index in [0.29, 0.717) is 5.56 Å². The number of pyridine rings is 1. The molecule has 0 aliphatic heterocycles. The van der Waals surface area contributed by atoms with Gasteiger partial charge >= 0.3 is 6.03 Å². The van der Waals surface area contributed by atoms with Crippen molar-refractivity contribution in [2.24, 2.45) is 0 Å². The van der Waals surface area contributed by atoms with Crippen LogP contribution >= 0.6 is 0 Å². The van der Waals surface area contributed by atoms with Crippen LogP contribution in [-0.4, -0.2) is 11.0 Å². The van der Waals surface area contributed by atoms with Crippen LogP contribution in [-0.2, 0) is 12.1 Å². The summed E-state index contributed by atoms with van der Waals surface area (Å²) in [6, 6.07) is 17.0. The molecule has 0 radical (unpaired) electrons. The number of fused-ring (bicyclic) bond motifs is 1. The van der Waals surface area contributed by atoms with E-state index in [0.717, 1.165) is 27.6 Å². The minimum absolute atomic E-state index is 0.147. The monoisotopic (exact) mass is 375 g/mol. The molecule has 0 saturated heterocycles. The van der Waals surface area contributed by atoms with Crippen LogP contribution in [0.15, 0.2) is 66.0 Å². The van der Waals surface area contributed by atoms with Crippen molar-refractivity contribution in [1.82, 2.24) is 15.6 Å². The van der Waals surface area contributed by atoms with Gasteiger partial charge in [0.1, 0.15) is 0 Å². The fourth-order valence-electron chi connectivity index (χ4n) is 3.07. The molecule has 0 atom stereocenters. The molecule has 0 aliphatic carbocycles. The van der Waals surface area contributed by atoms with Crippen LogP contribution < -0.4 is 16.2 Å². The van der Waals surface area contributed by atoms with Crippen molar-refractivity contribution < 1.29 is 4.79 Å². The van der Waals surface area contributed by atoms with Gasteiger partial charge in [0, 0.05) is 17.6 Å². The van der Waals surface area contributed by atoms with E-state index in [1.165, 1.54) is 0 Å². The number of aromatic amines is 1. The topological polar surface area (TPSA) is 74.0 Å². The number of hydrogen-bond donors (Lipinski definition) is 3. The van der Waals surface area contributed by atoms with Gasteiger partial charge in [0.15, 0.2) is 0 Å². The molecule has 1 aromatic heterocycles. The number of rotatable bonds is 5. The molecule has 5 nitrogen and oxygen atoms in total. The van der Waals surface area contributed by atoms with E-state index in [4.69, 9.17) is 0 Å². The number of allylic oxidation sites excluding steroid dienone is 1. The van der Waals surface area contributed by atoms with Crippen LogP contribution in [0.1, 0.15) is 37.5 Å². The van der Waals surface area contributed by atoms with Gasteiger partial charge in [-0.2, -0.15) is 0 Å². The number of amides is 2. The van der Waals surface area contributed by atoms with E-state index in [2.05, 4.69) is 22.2 Å². The number of hydrogen-bond acceptors (Lipinski definition) is 2. The van der Waals surface area contributed by atoms with Crippen molar-refractivity contribution in [2.75, 3.05) is 0 Å². The minimum atomic E-state index is -0.578. The Morgan fingerprint density at radius 1 is 1.11 bits per heavy atom. The van der Waals surface area contributed by atoms with Crippen molar-refractivity contribution in [1.29, 1.82) is 0 Å². The van der Waals surface area contributed by atoms with Crippen LogP contribution in [0.25, 0.3) is 16.5 Å². The Hall–Kier alpha value is -3.34. The Morgan fingerprint density at radius 3 is 2.61 bits per heavy atom. The number of nitrogens with one attached hydrogen (secondary N) is 3. The van der Waals surface area contributed by atoms with Gasteiger partial charge < -0.3 is 15.6 Å². The van der Waals surface area contributed by atoms with Gasteiger partial charge in [-0.3, -0.25) is 4.79 Å². The Labute approximate surface area is 164 Å². The first kappa shape index (κ1) is 19.4. The standard InChI is InChI=1S/C23H25N3O2/c1-15(2)16-9-7-10-19(13-16)23(3,4)26-22(28)24-14-18-12-17-8-5-6-11-20(17)25-21(18)27/h5-13H,1,14H2,2-4H3,(H,25,27)(H2,24,26,28). The molecule has 0 unspecified atom stereocenters. The second-order valence-electron chi connectivity index (χ2n) is 7.50. The van der Waals surface area contributed by atoms with E-state index in [1.54, 1.807) is 6.07 Å². The first-order valence-electron chi connectivity index (χ1n) is 9.19. The van der Waals surface area contributed by atoms with Crippen LogP contribution in [0.5, 0.6) is 0 Å². The zero-order valence-corrected chi connectivity index (χ0v) is 16.4. The predicted octanol–water partition coefficient (Wildman–Crippen LogP) is 4.30. The first-order chi connectivity index (χ1) is 13.3. The molecule has 1 heterocycles. The lowest BCUT2D eigenvalue weighted by atomic mass is 9.92. The normalized spacial score (nSPS) is 11.2. The summed E-state index contributed by atoms with van der Waals surface area (Å²) in [4.78, 5) is 27.5. The number of urea groups is 1. The third-order valence-corrected chi connectivity index (χ3v) is 4.77. The average Bonchev–Trinajstić information content (AvgIpc) is 2.66. The molecule has 3 N–H and O–H groups in total. The van der Waals surface area contributed by atoms with Gasteiger partial charge in [-0.25, -0.2) is 4.79 Å². The summed E-state index contributed by atoms with van der Waals surface area (Å²) in [6.45, 7) is 9.94. The molecule has 0 saturated carbocycles. The molecule has 3 aromatic rings. The highest BCUT2D eigenvalue weighted by Crippen LogP contribution is 2.23. The molecule has 28 heavy (non-hydrogen) atoms. The number of H-pyrrole nitrogens is 1. The minimum Gasteiger partial charge on any atom is -0.334 e. The van der Waals surface area contributed by atoms with Gasteiger partial charge in [0.05, 0.1) is 5.54 Å². The molecule has 0 spiro atoms. The van der Waals surface area contributed by atoms with E-state index in [-0.39, 0.29) is 18.1 Å². The van der Waals surface area contributed by atoms with E-state index in [1.807, 2.05) is 69.3 Å². The Balaban J connectivity index is 1.70. The third kappa shape index (κ3) is 4.31. The second kappa shape index (κ2) is 7.72.